The monoisotopic (exact) mass is 345 g/mol. The summed E-state index contributed by atoms with van der Waals surface area (Å²) in [6, 6.07) is 0. The minimum Gasteiger partial charge on any atom is -0.376 e. The van der Waals surface area contributed by atoms with E-state index < -0.39 is 9.84 Å². The molecule has 0 aliphatic carbocycles. The Hall–Kier alpha value is -0.820. The third kappa shape index (κ3) is 7.08. The van der Waals surface area contributed by atoms with Gasteiger partial charge in [0, 0.05) is 25.2 Å². The maximum absolute atomic E-state index is 11.6. The number of hydrogen-bond donors (Lipinski definition) is 2. The Labute approximate surface area is 140 Å². The predicted molar refractivity (Wildman–Crippen MR) is 93.5 cm³/mol. The van der Waals surface area contributed by atoms with E-state index in [1.54, 1.807) is 0 Å². The van der Waals surface area contributed by atoms with E-state index in [0.29, 0.717) is 12.3 Å². The van der Waals surface area contributed by atoms with Crippen molar-refractivity contribution in [2.24, 2.45) is 10.9 Å². The lowest BCUT2D eigenvalue weighted by Gasteiger charge is -2.27. The van der Waals surface area contributed by atoms with Crippen LogP contribution in [0.4, 0.5) is 0 Å². The van der Waals surface area contributed by atoms with Gasteiger partial charge in [0.15, 0.2) is 15.8 Å². The minimum atomic E-state index is -2.84. The number of rotatable bonds is 4. The third-order valence-corrected chi connectivity index (χ3v) is 5.94. The van der Waals surface area contributed by atoms with Crippen LogP contribution in [0.5, 0.6) is 0 Å². The van der Waals surface area contributed by atoms with Gasteiger partial charge in [-0.2, -0.15) is 0 Å². The van der Waals surface area contributed by atoms with Crippen LogP contribution in [0.1, 0.15) is 46.5 Å². The summed E-state index contributed by atoms with van der Waals surface area (Å²) in [6.45, 7) is 8.39. The Balaban J connectivity index is 1.88. The molecule has 2 aliphatic rings. The summed E-state index contributed by atoms with van der Waals surface area (Å²) in [5, 5.41) is 6.73. The molecule has 0 radical (unpaired) electrons. The summed E-state index contributed by atoms with van der Waals surface area (Å²) in [6.07, 6.45) is 4.40. The molecular formula is C16H31N3O3S. The number of aliphatic imine (C=N–C) groups is 1. The van der Waals surface area contributed by atoms with Crippen LogP contribution < -0.4 is 10.6 Å². The van der Waals surface area contributed by atoms with Crippen LogP contribution in [0, 0.1) is 5.92 Å². The van der Waals surface area contributed by atoms with Crippen molar-refractivity contribution in [3.05, 3.63) is 0 Å². The van der Waals surface area contributed by atoms with Gasteiger partial charge in [-0.1, -0.05) is 0 Å². The van der Waals surface area contributed by atoms with Crippen molar-refractivity contribution in [2.75, 3.05) is 31.2 Å². The average Bonchev–Trinajstić information content (AvgIpc) is 2.81. The number of hydrogen-bond acceptors (Lipinski definition) is 4. The Morgan fingerprint density at radius 1 is 1.26 bits per heavy atom. The van der Waals surface area contributed by atoms with Gasteiger partial charge in [0.2, 0.25) is 0 Å². The topological polar surface area (TPSA) is 79.8 Å². The number of nitrogens with zero attached hydrogens (tertiary/aromatic N) is 1. The lowest BCUT2D eigenvalue weighted by molar-refractivity contribution is 0.0194. The summed E-state index contributed by atoms with van der Waals surface area (Å²) in [5.41, 5.74) is -0.0962. The van der Waals surface area contributed by atoms with E-state index in [9.17, 15) is 8.42 Å². The summed E-state index contributed by atoms with van der Waals surface area (Å²) >= 11 is 0. The average molecular weight is 346 g/mol. The molecule has 0 saturated carbocycles. The van der Waals surface area contributed by atoms with Gasteiger partial charge >= 0.3 is 0 Å². The van der Waals surface area contributed by atoms with Crippen molar-refractivity contribution in [1.82, 2.24) is 10.6 Å². The maximum atomic E-state index is 11.6. The van der Waals surface area contributed by atoms with E-state index in [1.807, 2.05) is 0 Å². The molecule has 7 heteroatoms. The molecule has 0 aromatic rings. The van der Waals surface area contributed by atoms with Gasteiger partial charge in [-0.05, 0) is 52.4 Å². The zero-order valence-corrected chi connectivity index (χ0v) is 15.4. The number of nitrogens with one attached hydrogen (secondary N) is 2. The van der Waals surface area contributed by atoms with Gasteiger partial charge in [-0.25, -0.2) is 8.42 Å². The van der Waals surface area contributed by atoms with Crippen LogP contribution in [-0.4, -0.2) is 57.2 Å². The molecule has 2 fully saturated rings. The van der Waals surface area contributed by atoms with E-state index in [1.165, 1.54) is 6.42 Å². The molecule has 2 N–H and O–H groups in total. The first-order valence-corrected chi connectivity index (χ1v) is 10.4. The largest absolute Gasteiger partial charge is 0.376 e. The van der Waals surface area contributed by atoms with Gasteiger partial charge in [-0.3, -0.25) is 4.99 Å². The fourth-order valence-electron chi connectivity index (χ4n) is 2.91. The smallest absolute Gasteiger partial charge is 0.191 e. The van der Waals surface area contributed by atoms with Crippen molar-refractivity contribution in [3.63, 3.8) is 0 Å². The zero-order valence-electron chi connectivity index (χ0n) is 14.6. The molecule has 0 spiro atoms. The second-order valence-corrected chi connectivity index (χ2v) is 9.93. The quantitative estimate of drug-likeness (QED) is 0.593. The van der Waals surface area contributed by atoms with Crippen LogP contribution >= 0.6 is 0 Å². The fraction of sp³-hybridized carbons (Fsp3) is 0.938. The summed E-state index contributed by atoms with van der Waals surface area (Å²) in [4.78, 5) is 4.62. The zero-order chi connectivity index (χ0) is 16.9. The Morgan fingerprint density at radius 3 is 2.61 bits per heavy atom. The van der Waals surface area contributed by atoms with Crippen molar-refractivity contribution in [1.29, 1.82) is 0 Å². The highest BCUT2D eigenvalue weighted by atomic mass is 32.2. The van der Waals surface area contributed by atoms with E-state index in [0.717, 1.165) is 38.4 Å². The molecule has 134 valence electrons. The normalized spacial score (nSPS) is 28.6. The van der Waals surface area contributed by atoms with Crippen LogP contribution in [0.15, 0.2) is 4.99 Å². The van der Waals surface area contributed by atoms with Gasteiger partial charge in [-0.15, -0.1) is 0 Å². The molecule has 2 heterocycles. The van der Waals surface area contributed by atoms with Gasteiger partial charge in [0.1, 0.15) is 0 Å². The Kier molecular flexibility index (Phi) is 6.31. The van der Waals surface area contributed by atoms with Crippen molar-refractivity contribution in [3.8, 4) is 0 Å². The number of sulfone groups is 1. The number of ether oxygens (including phenoxy) is 1. The second-order valence-electron chi connectivity index (χ2n) is 7.70. The van der Waals surface area contributed by atoms with Gasteiger partial charge in [0.25, 0.3) is 0 Å². The predicted octanol–water partition coefficient (Wildman–Crippen LogP) is 1.32. The Bertz CT molecular complexity index is 505. The van der Waals surface area contributed by atoms with Crippen LogP contribution in [-0.2, 0) is 14.6 Å². The fourth-order valence-corrected chi connectivity index (χ4v) is 4.76. The van der Waals surface area contributed by atoms with Crippen molar-refractivity contribution < 1.29 is 13.2 Å². The first-order chi connectivity index (χ1) is 10.7. The molecule has 2 unspecified atom stereocenters. The summed E-state index contributed by atoms with van der Waals surface area (Å²) < 4.78 is 28.8. The van der Waals surface area contributed by atoms with E-state index in [4.69, 9.17) is 4.74 Å². The lowest BCUT2D eigenvalue weighted by Crippen LogP contribution is -2.50. The highest BCUT2D eigenvalue weighted by Crippen LogP contribution is 2.18. The molecule has 0 bridgehead atoms. The number of guanidine groups is 1. The van der Waals surface area contributed by atoms with E-state index in [2.05, 4.69) is 36.4 Å². The lowest BCUT2D eigenvalue weighted by atomic mass is 10.1. The SMILES string of the molecule is CC(C)(C)NC(=NCC1CCS(=O)(=O)C1)NCC1CCCCO1. The molecule has 2 saturated heterocycles. The summed E-state index contributed by atoms with van der Waals surface area (Å²) in [5.74, 6) is 1.46. The first-order valence-electron chi connectivity index (χ1n) is 8.62. The van der Waals surface area contributed by atoms with E-state index >= 15 is 0 Å². The molecule has 0 aromatic heterocycles. The maximum Gasteiger partial charge on any atom is 0.191 e. The molecule has 0 aromatic carbocycles. The summed E-state index contributed by atoms with van der Waals surface area (Å²) in [7, 11) is -2.84. The molecule has 23 heavy (non-hydrogen) atoms. The van der Waals surface area contributed by atoms with Crippen molar-refractivity contribution >= 4 is 15.8 Å². The second kappa shape index (κ2) is 7.83. The van der Waals surface area contributed by atoms with Crippen molar-refractivity contribution in [2.45, 2.75) is 58.1 Å². The van der Waals surface area contributed by atoms with Gasteiger partial charge in [0.05, 0.1) is 17.6 Å². The minimum absolute atomic E-state index is 0.0962. The van der Waals surface area contributed by atoms with Gasteiger partial charge < -0.3 is 15.4 Å². The molecule has 0 amide bonds. The highest BCUT2D eigenvalue weighted by molar-refractivity contribution is 7.91. The van der Waals surface area contributed by atoms with E-state index in [-0.39, 0.29) is 23.3 Å². The Morgan fingerprint density at radius 2 is 2.04 bits per heavy atom. The highest BCUT2D eigenvalue weighted by Gasteiger charge is 2.27. The molecule has 2 aliphatic heterocycles. The standard InChI is InChI=1S/C16H31N3O3S/c1-16(2,3)19-15(18-11-14-6-4-5-8-22-14)17-10-13-7-9-23(20,21)12-13/h13-14H,4-12H2,1-3H3,(H2,17,18,19). The van der Waals surface area contributed by atoms with Crippen LogP contribution in [0.25, 0.3) is 0 Å². The molecule has 6 nitrogen and oxygen atoms in total. The van der Waals surface area contributed by atoms with Crippen LogP contribution in [0.3, 0.4) is 0 Å². The molecular weight excluding hydrogens is 314 g/mol. The molecule has 2 atom stereocenters. The van der Waals surface area contributed by atoms with Crippen LogP contribution in [0.2, 0.25) is 0 Å². The third-order valence-electron chi connectivity index (χ3n) is 4.10. The first kappa shape index (κ1) is 18.5. The molecule has 2 rings (SSSR count).